The van der Waals surface area contributed by atoms with Gasteiger partial charge in [-0.05, 0) is 40.2 Å². The summed E-state index contributed by atoms with van der Waals surface area (Å²) in [5.41, 5.74) is 0.972. The molecule has 9 nitrogen and oxygen atoms in total. The zero-order chi connectivity index (χ0) is 23.0. The Morgan fingerprint density at radius 1 is 1.35 bits per heavy atom. The molecule has 2 aromatic heterocycles. The normalized spacial score (nSPS) is 18.6. The number of aromatic nitrogens is 3. The van der Waals surface area contributed by atoms with Crippen molar-refractivity contribution in [2.45, 2.75) is 59.6 Å². The van der Waals surface area contributed by atoms with E-state index in [1.165, 1.54) is 6.20 Å². The number of anilines is 1. The highest BCUT2D eigenvalue weighted by Crippen LogP contribution is 2.33. The standard InChI is InChI=1S/C21H32BN5O4/c1-7-30-18(28)13-11-23-16-10-15(22)25-27(16)17(13)24-14-8-9-26(12-21(14,5)6)19(29)31-20(2,3)4/h10-11,14,24H,7-9,12,22H2,1-6H3/t14-/m1/s1. The largest absolute Gasteiger partial charge is 0.462 e. The Labute approximate surface area is 183 Å². The van der Waals surface area contributed by atoms with Crippen molar-refractivity contribution in [1.29, 1.82) is 0 Å². The maximum atomic E-state index is 12.6. The van der Waals surface area contributed by atoms with Crippen molar-refractivity contribution in [3.63, 3.8) is 0 Å². The van der Waals surface area contributed by atoms with Crippen LogP contribution in [-0.4, -0.2) is 70.7 Å². The Bertz CT molecular complexity index is 982. The van der Waals surface area contributed by atoms with Gasteiger partial charge >= 0.3 is 12.1 Å². The summed E-state index contributed by atoms with van der Waals surface area (Å²) in [6, 6.07) is 1.85. The average Bonchev–Trinajstić information content (AvgIpc) is 3.02. The number of esters is 1. The number of piperidine rings is 1. The zero-order valence-electron chi connectivity index (χ0n) is 19.5. The smallest absolute Gasteiger partial charge is 0.410 e. The first-order valence-electron chi connectivity index (χ1n) is 10.7. The van der Waals surface area contributed by atoms with Crippen molar-refractivity contribution < 1.29 is 19.1 Å². The lowest BCUT2D eigenvalue weighted by Gasteiger charge is -2.44. The summed E-state index contributed by atoms with van der Waals surface area (Å²) >= 11 is 0. The number of nitrogens with one attached hydrogen (secondary N) is 1. The molecular formula is C21H32BN5O4. The van der Waals surface area contributed by atoms with Gasteiger partial charge < -0.3 is 19.7 Å². The molecule has 3 heterocycles. The second-order valence-corrected chi connectivity index (χ2v) is 9.67. The van der Waals surface area contributed by atoms with Crippen molar-refractivity contribution in [2.24, 2.45) is 5.41 Å². The molecule has 1 aliphatic rings. The molecule has 1 aliphatic heterocycles. The van der Waals surface area contributed by atoms with Crippen LogP contribution in [0.1, 0.15) is 58.3 Å². The Kier molecular flexibility index (Phi) is 6.20. The minimum atomic E-state index is -0.536. The van der Waals surface area contributed by atoms with E-state index >= 15 is 0 Å². The summed E-state index contributed by atoms with van der Waals surface area (Å²) in [5, 5.41) is 8.04. The van der Waals surface area contributed by atoms with Crippen LogP contribution in [0, 0.1) is 5.41 Å². The maximum Gasteiger partial charge on any atom is 0.410 e. The highest BCUT2D eigenvalue weighted by Gasteiger charge is 2.39. The van der Waals surface area contributed by atoms with Gasteiger partial charge in [0.2, 0.25) is 0 Å². The van der Waals surface area contributed by atoms with Crippen molar-refractivity contribution in [3.8, 4) is 0 Å². The quantitative estimate of drug-likeness (QED) is 0.583. The lowest BCUT2D eigenvalue weighted by molar-refractivity contribution is 0.00688. The third kappa shape index (κ3) is 5.11. The molecule has 3 rings (SSSR count). The van der Waals surface area contributed by atoms with Crippen LogP contribution in [-0.2, 0) is 9.47 Å². The van der Waals surface area contributed by atoms with E-state index < -0.39 is 11.6 Å². The first-order chi connectivity index (χ1) is 14.4. The van der Waals surface area contributed by atoms with E-state index in [1.807, 2.05) is 34.7 Å². The number of fused-ring (bicyclic) bond motifs is 1. The Morgan fingerprint density at radius 2 is 2.06 bits per heavy atom. The molecule has 0 spiro atoms. The second kappa shape index (κ2) is 8.40. The van der Waals surface area contributed by atoms with Crippen LogP contribution in [0.4, 0.5) is 10.6 Å². The fourth-order valence-corrected chi connectivity index (χ4v) is 3.82. The van der Waals surface area contributed by atoms with E-state index in [9.17, 15) is 9.59 Å². The molecule has 0 radical (unpaired) electrons. The molecule has 168 valence electrons. The highest BCUT2D eigenvalue weighted by atomic mass is 16.6. The molecule has 0 unspecified atom stereocenters. The van der Waals surface area contributed by atoms with Crippen molar-refractivity contribution in [3.05, 3.63) is 17.8 Å². The number of carbonyl (C=O) groups is 2. The molecular weight excluding hydrogens is 397 g/mol. The molecule has 10 heteroatoms. The van der Waals surface area contributed by atoms with E-state index in [0.29, 0.717) is 36.5 Å². The van der Waals surface area contributed by atoms with Gasteiger partial charge in [-0.15, -0.1) is 0 Å². The molecule has 31 heavy (non-hydrogen) atoms. The predicted octanol–water partition coefficient (Wildman–Crippen LogP) is 1.61. The number of ether oxygens (including phenoxy) is 2. The van der Waals surface area contributed by atoms with Crippen LogP contribution >= 0.6 is 0 Å². The van der Waals surface area contributed by atoms with E-state index in [-0.39, 0.29) is 24.2 Å². The Hall–Kier alpha value is -2.78. The van der Waals surface area contributed by atoms with Gasteiger partial charge in [0.25, 0.3) is 0 Å². The molecule has 0 aromatic carbocycles. The van der Waals surface area contributed by atoms with Crippen LogP contribution in [0.2, 0.25) is 0 Å². The fraction of sp³-hybridized carbons (Fsp3) is 0.619. The second-order valence-electron chi connectivity index (χ2n) is 9.67. The third-order valence-corrected chi connectivity index (χ3v) is 5.29. The van der Waals surface area contributed by atoms with Crippen molar-refractivity contribution in [2.75, 3.05) is 25.0 Å². The number of hydrogen-bond donors (Lipinski definition) is 1. The first kappa shape index (κ1) is 22.9. The summed E-state index contributed by atoms with van der Waals surface area (Å²) in [7, 11) is 1.88. The third-order valence-electron chi connectivity index (χ3n) is 5.29. The van der Waals surface area contributed by atoms with Crippen LogP contribution in [0.5, 0.6) is 0 Å². The molecule has 2 aromatic rings. The molecule has 1 N–H and O–H groups in total. The number of rotatable bonds is 4. The van der Waals surface area contributed by atoms with Gasteiger partial charge in [-0.1, -0.05) is 13.8 Å². The summed E-state index contributed by atoms with van der Waals surface area (Å²) in [6.07, 6.45) is 1.92. The lowest BCUT2D eigenvalue weighted by Crippen LogP contribution is -2.54. The highest BCUT2D eigenvalue weighted by molar-refractivity contribution is 6.31. The monoisotopic (exact) mass is 429 g/mol. The molecule has 1 saturated heterocycles. The van der Waals surface area contributed by atoms with Crippen molar-refractivity contribution in [1.82, 2.24) is 19.5 Å². The summed E-state index contributed by atoms with van der Waals surface area (Å²) < 4.78 is 12.4. The van der Waals surface area contributed by atoms with Crippen LogP contribution in [0.15, 0.2) is 12.3 Å². The first-order valence-corrected chi connectivity index (χ1v) is 10.7. The molecule has 0 bridgehead atoms. The topological polar surface area (TPSA) is 98.1 Å². The van der Waals surface area contributed by atoms with Gasteiger partial charge in [-0.2, -0.15) is 9.61 Å². The van der Waals surface area contributed by atoms with Gasteiger partial charge in [-0.25, -0.2) is 14.6 Å². The molecule has 0 saturated carbocycles. The lowest BCUT2D eigenvalue weighted by atomic mass is 9.79. The van der Waals surface area contributed by atoms with E-state index in [4.69, 9.17) is 9.47 Å². The minimum Gasteiger partial charge on any atom is -0.462 e. The molecule has 0 aliphatic carbocycles. The van der Waals surface area contributed by atoms with Crippen molar-refractivity contribution >= 4 is 37.0 Å². The van der Waals surface area contributed by atoms with Gasteiger partial charge in [-0.3, -0.25) is 0 Å². The Balaban J connectivity index is 1.87. The van der Waals surface area contributed by atoms with Gasteiger partial charge in [0.05, 0.1) is 6.61 Å². The van der Waals surface area contributed by atoms with E-state index in [0.717, 1.165) is 5.59 Å². The van der Waals surface area contributed by atoms with Crippen LogP contribution in [0.25, 0.3) is 5.65 Å². The van der Waals surface area contributed by atoms with E-state index in [2.05, 4.69) is 29.2 Å². The van der Waals surface area contributed by atoms with Gasteiger partial charge in [0, 0.05) is 36.3 Å². The van der Waals surface area contributed by atoms with Gasteiger partial charge in [0.15, 0.2) is 13.5 Å². The SMILES string of the molecule is Bc1cc2ncc(C(=O)OCC)c(N[C@@H]3CCN(C(=O)OC(C)(C)C)CC3(C)C)n2n1. The van der Waals surface area contributed by atoms with Crippen LogP contribution in [0.3, 0.4) is 0 Å². The Morgan fingerprint density at radius 3 is 2.68 bits per heavy atom. The number of nitrogens with zero attached hydrogens (tertiary/aromatic N) is 4. The summed E-state index contributed by atoms with van der Waals surface area (Å²) in [5.74, 6) is 0.108. The van der Waals surface area contributed by atoms with Gasteiger partial charge in [0.1, 0.15) is 17.0 Å². The zero-order valence-corrected chi connectivity index (χ0v) is 19.5. The average molecular weight is 429 g/mol. The van der Waals surface area contributed by atoms with Crippen LogP contribution < -0.4 is 10.9 Å². The van der Waals surface area contributed by atoms with E-state index in [1.54, 1.807) is 16.3 Å². The number of likely N-dealkylation sites (tertiary alicyclic amines) is 1. The number of amides is 1. The molecule has 1 fully saturated rings. The summed E-state index contributed by atoms with van der Waals surface area (Å²) in [4.78, 5) is 31.2. The molecule has 1 amide bonds. The number of hydrogen-bond acceptors (Lipinski definition) is 7. The molecule has 1 atom stereocenters. The summed E-state index contributed by atoms with van der Waals surface area (Å²) in [6.45, 7) is 12.9. The number of carbonyl (C=O) groups excluding carboxylic acids is 2. The fourth-order valence-electron chi connectivity index (χ4n) is 3.82. The minimum absolute atomic E-state index is 0.00512. The maximum absolute atomic E-state index is 12.6. The predicted molar refractivity (Wildman–Crippen MR) is 121 cm³/mol.